The molecule has 6 heteroatoms. The summed E-state index contributed by atoms with van der Waals surface area (Å²) in [5.41, 5.74) is 8.20. The van der Waals surface area contributed by atoms with Gasteiger partial charge >= 0.3 is 5.97 Å². The van der Waals surface area contributed by atoms with Crippen LogP contribution in [-0.2, 0) is 10.5 Å². The summed E-state index contributed by atoms with van der Waals surface area (Å²) in [4.78, 5) is 19.9. The summed E-state index contributed by atoms with van der Waals surface area (Å²) in [5, 5.41) is 0.526. The molecule has 5 nitrogen and oxygen atoms in total. The first-order chi connectivity index (χ1) is 10.6. The van der Waals surface area contributed by atoms with Gasteiger partial charge in [-0.1, -0.05) is 48.7 Å². The van der Waals surface area contributed by atoms with Crippen LogP contribution >= 0.6 is 11.8 Å². The van der Waals surface area contributed by atoms with Crippen molar-refractivity contribution in [1.29, 1.82) is 0 Å². The van der Waals surface area contributed by atoms with Gasteiger partial charge in [0, 0.05) is 11.9 Å². The van der Waals surface area contributed by atoms with Crippen molar-refractivity contribution in [1.82, 2.24) is 9.97 Å². The Morgan fingerprint density at radius 3 is 2.73 bits per heavy atom. The number of anilines is 1. The first-order valence-electron chi connectivity index (χ1n) is 6.78. The van der Waals surface area contributed by atoms with Gasteiger partial charge in [0.15, 0.2) is 5.16 Å². The van der Waals surface area contributed by atoms with E-state index in [1.807, 2.05) is 24.3 Å². The minimum atomic E-state index is -0.503. The fourth-order valence-electron chi connectivity index (χ4n) is 1.71. The summed E-state index contributed by atoms with van der Waals surface area (Å²) in [6, 6.07) is 8.06. The van der Waals surface area contributed by atoms with Crippen molar-refractivity contribution in [2.24, 2.45) is 0 Å². The molecule has 22 heavy (non-hydrogen) atoms. The average Bonchev–Trinajstić information content (AvgIpc) is 2.53. The van der Waals surface area contributed by atoms with E-state index in [-0.39, 0.29) is 18.0 Å². The van der Waals surface area contributed by atoms with Gasteiger partial charge in [-0.2, -0.15) is 0 Å². The molecule has 1 aromatic heterocycles. The molecule has 0 unspecified atom stereocenters. The Balaban J connectivity index is 2.02. The maximum atomic E-state index is 11.6. The van der Waals surface area contributed by atoms with E-state index >= 15 is 0 Å². The second-order valence-electron chi connectivity index (χ2n) is 4.41. The molecule has 1 heterocycles. The molecule has 114 valence electrons. The summed E-state index contributed by atoms with van der Waals surface area (Å²) < 4.78 is 4.89. The molecule has 2 aromatic rings. The minimum absolute atomic E-state index is 0.137. The van der Waals surface area contributed by atoms with E-state index in [1.165, 1.54) is 18.0 Å². The molecule has 2 N–H and O–H groups in total. The van der Waals surface area contributed by atoms with Crippen LogP contribution in [0.5, 0.6) is 0 Å². The average molecular weight is 315 g/mol. The standard InChI is InChI=1S/C16H17N3O2S/c1-3-11-5-7-12(8-6-11)10-22-16-18-9-13(14(17)19-16)15(20)21-4-2/h3,5-9H,1,4,10H2,2H3,(H2,17,18,19). The summed E-state index contributed by atoms with van der Waals surface area (Å²) in [6.45, 7) is 5.74. The van der Waals surface area contributed by atoms with Crippen LogP contribution in [0, 0.1) is 0 Å². The minimum Gasteiger partial charge on any atom is -0.462 e. The van der Waals surface area contributed by atoms with Gasteiger partial charge in [0.2, 0.25) is 0 Å². The Kier molecular flexibility index (Phi) is 5.55. The molecular weight excluding hydrogens is 298 g/mol. The maximum Gasteiger partial charge on any atom is 0.343 e. The van der Waals surface area contributed by atoms with Crippen molar-refractivity contribution < 1.29 is 9.53 Å². The van der Waals surface area contributed by atoms with Crippen LogP contribution in [0.4, 0.5) is 5.82 Å². The number of esters is 1. The van der Waals surface area contributed by atoms with E-state index in [0.29, 0.717) is 5.16 Å². The predicted molar refractivity (Wildman–Crippen MR) is 88.5 cm³/mol. The predicted octanol–water partition coefficient (Wildman–Crippen LogP) is 3.17. The number of ether oxygens (including phenoxy) is 1. The normalized spacial score (nSPS) is 10.2. The third-order valence-corrected chi connectivity index (χ3v) is 3.81. The largest absolute Gasteiger partial charge is 0.462 e. The molecule has 0 amide bonds. The van der Waals surface area contributed by atoms with Gasteiger partial charge in [-0.25, -0.2) is 14.8 Å². The van der Waals surface area contributed by atoms with E-state index in [4.69, 9.17) is 10.5 Å². The van der Waals surface area contributed by atoms with Crippen molar-refractivity contribution in [3.8, 4) is 0 Å². The van der Waals surface area contributed by atoms with Crippen LogP contribution in [0.2, 0.25) is 0 Å². The Hall–Kier alpha value is -2.34. The smallest absolute Gasteiger partial charge is 0.343 e. The van der Waals surface area contributed by atoms with Crippen LogP contribution in [0.15, 0.2) is 42.2 Å². The summed E-state index contributed by atoms with van der Waals surface area (Å²) >= 11 is 1.45. The van der Waals surface area contributed by atoms with E-state index in [0.717, 1.165) is 16.9 Å². The molecule has 0 aliphatic carbocycles. The van der Waals surface area contributed by atoms with E-state index < -0.39 is 5.97 Å². The number of nitrogens with zero attached hydrogens (tertiary/aromatic N) is 2. The lowest BCUT2D eigenvalue weighted by Gasteiger charge is -2.06. The third-order valence-electron chi connectivity index (χ3n) is 2.87. The monoisotopic (exact) mass is 315 g/mol. The van der Waals surface area contributed by atoms with Gasteiger partial charge in [0.25, 0.3) is 0 Å². The Morgan fingerprint density at radius 2 is 2.14 bits per heavy atom. The quantitative estimate of drug-likeness (QED) is 0.501. The Bertz CT molecular complexity index is 672. The maximum absolute atomic E-state index is 11.6. The van der Waals surface area contributed by atoms with Gasteiger partial charge < -0.3 is 10.5 Å². The molecule has 0 radical (unpaired) electrons. The lowest BCUT2D eigenvalue weighted by molar-refractivity contribution is 0.0526. The van der Waals surface area contributed by atoms with Crippen LogP contribution < -0.4 is 5.73 Å². The fraction of sp³-hybridized carbons (Fsp3) is 0.188. The lowest BCUT2D eigenvalue weighted by atomic mass is 10.1. The SMILES string of the molecule is C=Cc1ccc(CSc2ncc(C(=O)OCC)c(N)n2)cc1. The Labute approximate surface area is 133 Å². The number of hydrogen-bond acceptors (Lipinski definition) is 6. The van der Waals surface area contributed by atoms with Crippen molar-refractivity contribution in [2.45, 2.75) is 17.8 Å². The molecule has 0 bridgehead atoms. The number of hydrogen-bond donors (Lipinski definition) is 1. The second-order valence-corrected chi connectivity index (χ2v) is 5.35. The number of thioether (sulfide) groups is 1. The number of carbonyl (C=O) groups is 1. The van der Waals surface area contributed by atoms with E-state index in [2.05, 4.69) is 16.5 Å². The first kappa shape index (κ1) is 16.0. The Morgan fingerprint density at radius 1 is 1.41 bits per heavy atom. The number of aromatic nitrogens is 2. The van der Waals surface area contributed by atoms with Crippen LogP contribution in [0.25, 0.3) is 6.08 Å². The van der Waals surface area contributed by atoms with E-state index in [9.17, 15) is 4.79 Å². The summed E-state index contributed by atoms with van der Waals surface area (Å²) in [5.74, 6) is 0.352. The molecule has 0 spiro atoms. The zero-order chi connectivity index (χ0) is 15.9. The lowest BCUT2D eigenvalue weighted by Crippen LogP contribution is -2.10. The molecule has 0 atom stereocenters. The van der Waals surface area contributed by atoms with Crippen LogP contribution in [0.3, 0.4) is 0 Å². The first-order valence-corrected chi connectivity index (χ1v) is 7.76. The molecule has 0 aliphatic rings. The molecule has 2 rings (SSSR count). The number of benzene rings is 1. The highest BCUT2D eigenvalue weighted by molar-refractivity contribution is 7.98. The summed E-state index contributed by atoms with van der Waals surface area (Å²) in [7, 11) is 0. The zero-order valence-corrected chi connectivity index (χ0v) is 13.1. The van der Waals surface area contributed by atoms with Crippen molar-refractivity contribution >= 4 is 29.6 Å². The molecule has 1 aromatic carbocycles. The van der Waals surface area contributed by atoms with Crippen LogP contribution in [-0.4, -0.2) is 22.5 Å². The zero-order valence-electron chi connectivity index (χ0n) is 12.3. The molecule has 0 saturated heterocycles. The van der Waals surface area contributed by atoms with Gasteiger partial charge in [-0.05, 0) is 18.1 Å². The summed E-state index contributed by atoms with van der Waals surface area (Å²) in [6.07, 6.45) is 3.21. The number of carbonyl (C=O) groups excluding carboxylic acids is 1. The molecule has 0 aliphatic heterocycles. The molecular formula is C16H17N3O2S. The van der Waals surface area contributed by atoms with Gasteiger partial charge in [-0.3, -0.25) is 0 Å². The van der Waals surface area contributed by atoms with Gasteiger partial charge in [0.1, 0.15) is 11.4 Å². The molecule has 0 fully saturated rings. The van der Waals surface area contributed by atoms with Crippen molar-refractivity contribution in [2.75, 3.05) is 12.3 Å². The van der Waals surface area contributed by atoms with Crippen molar-refractivity contribution in [3.63, 3.8) is 0 Å². The number of nitrogens with two attached hydrogens (primary N) is 1. The fourth-order valence-corrected chi connectivity index (χ4v) is 2.49. The van der Waals surface area contributed by atoms with Crippen molar-refractivity contribution in [3.05, 3.63) is 53.7 Å². The van der Waals surface area contributed by atoms with Gasteiger partial charge in [0.05, 0.1) is 6.61 Å². The number of nitrogen functional groups attached to an aromatic ring is 1. The van der Waals surface area contributed by atoms with E-state index in [1.54, 1.807) is 13.0 Å². The second kappa shape index (κ2) is 7.61. The third kappa shape index (κ3) is 4.08. The highest BCUT2D eigenvalue weighted by atomic mass is 32.2. The highest BCUT2D eigenvalue weighted by Gasteiger charge is 2.13. The molecule has 0 saturated carbocycles. The van der Waals surface area contributed by atoms with Crippen LogP contribution in [0.1, 0.15) is 28.4 Å². The topological polar surface area (TPSA) is 78.1 Å². The number of rotatable bonds is 6. The van der Waals surface area contributed by atoms with Gasteiger partial charge in [-0.15, -0.1) is 0 Å². The highest BCUT2D eigenvalue weighted by Crippen LogP contribution is 2.21.